The summed E-state index contributed by atoms with van der Waals surface area (Å²) >= 11 is 0. The molecule has 0 radical (unpaired) electrons. The monoisotopic (exact) mass is 434 g/mol. The van der Waals surface area contributed by atoms with Crippen molar-refractivity contribution in [1.29, 1.82) is 0 Å². The van der Waals surface area contributed by atoms with Crippen LogP contribution in [0.15, 0.2) is 0 Å². The number of esters is 1. The van der Waals surface area contributed by atoms with Crippen LogP contribution in [-0.4, -0.2) is 64.2 Å². The Morgan fingerprint density at radius 1 is 0.833 bits per heavy atom. The van der Waals surface area contributed by atoms with E-state index in [1.54, 1.807) is 13.8 Å². The molecule has 0 aromatic carbocycles. The SMILES string of the molecule is CCCCOC(=O)OC(C(=O)O)(C(C(=O)O)C(=O)OCCCC)C(C)(CC)C(=O)O. The van der Waals surface area contributed by atoms with Gasteiger partial charge in [0.15, 0.2) is 0 Å². The Morgan fingerprint density at radius 2 is 1.33 bits per heavy atom. The van der Waals surface area contributed by atoms with Gasteiger partial charge in [0.1, 0.15) is 5.41 Å². The predicted molar refractivity (Wildman–Crippen MR) is 101 cm³/mol. The number of rotatable bonds is 14. The molecule has 0 heterocycles. The van der Waals surface area contributed by atoms with Crippen LogP contribution < -0.4 is 0 Å². The largest absolute Gasteiger partial charge is 0.509 e. The average Bonchev–Trinajstić information content (AvgIpc) is 2.66. The third-order valence-corrected chi connectivity index (χ3v) is 4.91. The highest BCUT2D eigenvalue weighted by Gasteiger charge is 2.70. The van der Waals surface area contributed by atoms with Crippen LogP contribution in [0.5, 0.6) is 0 Å². The standard InChI is InChI=1S/C19H30O11/c1-5-8-10-28-14(22)12(13(20)21)19(16(25)26,18(4,7-3)15(23)24)30-17(27)29-11-9-6-2/h12H,5-11H2,1-4H3,(H,20,21)(H,23,24)(H,25,26). The number of carboxylic acid groups (broad SMARTS) is 3. The van der Waals surface area contributed by atoms with Crippen molar-refractivity contribution in [3.05, 3.63) is 0 Å². The number of hydrogen-bond donors (Lipinski definition) is 3. The van der Waals surface area contributed by atoms with Crippen LogP contribution >= 0.6 is 0 Å². The summed E-state index contributed by atoms with van der Waals surface area (Å²) in [5, 5.41) is 29.3. The molecule has 3 unspecified atom stereocenters. The Morgan fingerprint density at radius 3 is 1.70 bits per heavy atom. The van der Waals surface area contributed by atoms with Crippen molar-refractivity contribution in [1.82, 2.24) is 0 Å². The van der Waals surface area contributed by atoms with Gasteiger partial charge in [-0.1, -0.05) is 33.6 Å². The van der Waals surface area contributed by atoms with E-state index < -0.39 is 53.4 Å². The minimum atomic E-state index is -3.33. The van der Waals surface area contributed by atoms with Crippen molar-refractivity contribution in [3.8, 4) is 0 Å². The van der Waals surface area contributed by atoms with Crippen molar-refractivity contribution in [3.63, 3.8) is 0 Å². The van der Waals surface area contributed by atoms with E-state index in [4.69, 9.17) is 14.2 Å². The maximum Gasteiger partial charge on any atom is 0.509 e. The first kappa shape index (κ1) is 27.1. The van der Waals surface area contributed by atoms with Gasteiger partial charge in [0.05, 0.1) is 13.2 Å². The second kappa shape index (κ2) is 12.0. The molecular formula is C19H30O11. The normalized spacial score (nSPS) is 15.7. The van der Waals surface area contributed by atoms with Gasteiger partial charge in [0.25, 0.3) is 5.60 Å². The first-order valence-electron chi connectivity index (χ1n) is 9.68. The van der Waals surface area contributed by atoms with Crippen LogP contribution in [0.25, 0.3) is 0 Å². The Labute approximate surface area is 174 Å². The molecule has 0 aliphatic rings. The molecule has 0 aromatic rings. The van der Waals surface area contributed by atoms with Gasteiger partial charge in [0, 0.05) is 0 Å². The summed E-state index contributed by atoms with van der Waals surface area (Å²) in [6.45, 7) is 5.34. The molecule has 0 saturated carbocycles. The van der Waals surface area contributed by atoms with Crippen molar-refractivity contribution < 1.29 is 53.5 Å². The number of ether oxygens (including phenoxy) is 3. The summed E-state index contributed by atoms with van der Waals surface area (Å²) in [4.78, 5) is 61.0. The van der Waals surface area contributed by atoms with E-state index >= 15 is 0 Å². The van der Waals surface area contributed by atoms with Crippen LogP contribution in [0.3, 0.4) is 0 Å². The summed E-state index contributed by atoms with van der Waals surface area (Å²) in [6, 6.07) is 0. The predicted octanol–water partition coefficient (Wildman–Crippen LogP) is 2.31. The topological polar surface area (TPSA) is 174 Å². The Bertz CT molecular complexity index is 644. The second-order valence-electron chi connectivity index (χ2n) is 6.88. The van der Waals surface area contributed by atoms with Crippen molar-refractivity contribution in [2.75, 3.05) is 13.2 Å². The van der Waals surface area contributed by atoms with Gasteiger partial charge in [0.2, 0.25) is 5.92 Å². The zero-order valence-electron chi connectivity index (χ0n) is 17.6. The number of unbranched alkanes of at least 4 members (excludes halogenated alkanes) is 2. The van der Waals surface area contributed by atoms with E-state index in [9.17, 15) is 39.3 Å². The summed E-state index contributed by atoms with van der Waals surface area (Å²) < 4.78 is 14.5. The Hall–Kier alpha value is -2.85. The molecule has 0 rings (SSSR count). The quantitative estimate of drug-likeness (QED) is 0.208. The third-order valence-electron chi connectivity index (χ3n) is 4.91. The van der Waals surface area contributed by atoms with Crippen molar-refractivity contribution in [2.24, 2.45) is 11.3 Å². The summed E-state index contributed by atoms with van der Waals surface area (Å²) in [5.41, 5.74) is -5.83. The highest BCUT2D eigenvalue weighted by atomic mass is 16.7. The molecule has 11 heteroatoms. The van der Waals surface area contributed by atoms with Crippen LogP contribution in [0, 0.1) is 11.3 Å². The fourth-order valence-electron chi connectivity index (χ4n) is 2.77. The van der Waals surface area contributed by atoms with E-state index in [0.717, 1.165) is 6.92 Å². The van der Waals surface area contributed by atoms with E-state index in [1.165, 1.54) is 6.92 Å². The summed E-state index contributed by atoms with van der Waals surface area (Å²) in [7, 11) is 0. The highest BCUT2D eigenvalue weighted by molar-refractivity contribution is 6.04. The Kier molecular flexibility index (Phi) is 10.8. The molecule has 0 aliphatic heterocycles. The van der Waals surface area contributed by atoms with Crippen LogP contribution in [0.1, 0.15) is 59.8 Å². The molecule has 172 valence electrons. The molecule has 11 nitrogen and oxygen atoms in total. The number of carboxylic acids is 3. The zero-order chi connectivity index (χ0) is 23.5. The zero-order valence-corrected chi connectivity index (χ0v) is 17.6. The lowest BCUT2D eigenvalue weighted by molar-refractivity contribution is -0.211. The van der Waals surface area contributed by atoms with E-state index in [1.807, 2.05) is 0 Å². The van der Waals surface area contributed by atoms with E-state index in [-0.39, 0.29) is 13.2 Å². The minimum Gasteiger partial charge on any atom is -0.481 e. The Balaban J connectivity index is 6.54. The minimum absolute atomic E-state index is 0.167. The second-order valence-corrected chi connectivity index (χ2v) is 6.88. The number of hydrogen-bond acceptors (Lipinski definition) is 8. The molecule has 3 N–H and O–H groups in total. The molecule has 0 aromatic heterocycles. The van der Waals surface area contributed by atoms with Crippen LogP contribution in [0.4, 0.5) is 4.79 Å². The number of carbonyl (C=O) groups is 5. The average molecular weight is 434 g/mol. The van der Waals surface area contributed by atoms with Gasteiger partial charge < -0.3 is 29.5 Å². The van der Waals surface area contributed by atoms with E-state index in [2.05, 4.69) is 0 Å². The maximum absolute atomic E-state index is 12.5. The fraction of sp³-hybridized carbons (Fsp3) is 0.737. The van der Waals surface area contributed by atoms with Gasteiger partial charge >= 0.3 is 30.0 Å². The molecule has 0 saturated heterocycles. The van der Waals surface area contributed by atoms with Crippen molar-refractivity contribution >= 4 is 30.0 Å². The highest BCUT2D eigenvalue weighted by Crippen LogP contribution is 2.45. The third kappa shape index (κ3) is 5.83. The molecular weight excluding hydrogens is 404 g/mol. The maximum atomic E-state index is 12.5. The lowest BCUT2D eigenvalue weighted by Crippen LogP contribution is -2.67. The molecule has 0 bridgehead atoms. The molecule has 3 atom stereocenters. The molecule has 0 aliphatic carbocycles. The van der Waals surface area contributed by atoms with Crippen LogP contribution in [-0.2, 0) is 33.4 Å². The van der Waals surface area contributed by atoms with Crippen molar-refractivity contribution in [2.45, 2.75) is 65.4 Å². The van der Waals surface area contributed by atoms with E-state index in [0.29, 0.717) is 25.7 Å². The summed E-state index contributed by atoms with van der Waals surface area (Å²) in [5.74, 6) is -10.1. The molecule has 0 fully saturated rings. The number of aliphatic carboxylic acids is 3. The number of carbonyl (C=O) groups excluding carboxylic acids is 2. The van der Waals surface area contributed by atoms with Crippen LogP contribution in [0.2, 0.25) is 0 Å². The molecule has 30 heavy (non-hydrogen) atoms. The first-order chi connectivity index (χ1) is 14.0. The van der Waals surface area contributed by atoms with Gasteiger partial charge in [-0.05, 0) is 26.2 Å². The summed E-state index contributed by atoms with van der Waals surface area (Å²) in [6.07, 6.45) is -0.0945. The fourth-order valence-corrected chi connectivity index (χ4v) is 2.77. The first-order valence-corrected chi connectivity index (χ1v) is 9.68. The van der Waals surface area contributed by atoms with Gasteiger partial charge in [-0.2, -0.15) is 0 Å². The smallest absolute Gasteiger partial charge is 0.481 e. The lowest BCUT2D eigenvalue weighted by Gasteiger charge is -2.42. The lowest BCUT2D eigenvalue weighted by atomic mass is 9.64. The van der Waals surface area contributed by atoms with Gasteiger partial charge in [-0.3, -0.25) is 14.4 Å². The van der Waals surface area contributed by atoms with Gasteiger partial charge in [-0.25, -0.2) is 9.59 Å². The van der Waals surface area contributed by atoms with Gasteiger partial charge in [-0.15, -0.1) is 0 Å². The molecule has 0 amide bonds. The molecule has 0 spiro atoms.